The lowest BCUT2D eigenvalue weighted by Gasteiger charge is -2.11. The van der Waals surface area contributed by atoms with Crippen LogP contribution in [0, 0.1) is 0 Å². The highest BCUT2D eigenvalue weighted by molar-refractivity contribution is 9.10. The van der Waals surface area contributed by atoms with E-state index >= 15 is 0 Å². The van der Waals surface area contributed by atoms with Crippen molar-refractivity contribution in [1.29, 1.82) is 0 Å². The molecule has 1 N–H and O–H groups in total. The summed E-state index contributed by atoms with van der Waals surface area (Å²) in [6.45, 7) is 1.91. The maximum Gasteiger partial charge on any atom is 0.120 e. The number of halogens is 1. The van der Waals surface area contributed by atoms with Crippen molar-refractivity contribution in [2.75, 3.05) is 13.2 Å². The van der Waals surface area contributed by atoms with Gasteiger partial charge in [0, 0.05) is 10.5 Å². The van der Waals surface area contributed by atoms with Crippen molar-refractivity contribution in [2.24, 2.45) is 0 Å². The van der Waals surface area contributed by atoms with Crippen molar-refractivity contribution in [3.8, 4) is 5.75 Å². The Bertz CT molecular complexity index is 297. The van der Waals surface area contributed by atoms with Crippen LogP contribution in [0.25, 0.3) is 0 Å². The van der Waals surface area contributed by atoms with Crippen LogP contribution in [0.2, 0.25) is 0 Å². The predicted octanol–water partition coefficient (Wildman–Crippen LogP) is 2.58. The molecule has 0 bridgehead atoms. The molecule has 1 heterocycles. The van der Waals surface area contributed by atoms with Crippen LogP contribution in [-0.2, 0) is 0 Å². The van der Waals surface area contributed by atoms with E-state index < -0.39 is 0 Å². The van der Waals surface area contributed by atoms with Gasteiger partial charge in [-0.05, 0) is 37.6 Å². The minimum atomic E-state index is 0.536. The summed E-state index contributed by atoms with van der Waals surface area (Å²) in [5.41, 5.74) is 0. The monoisotopic (exact) mass is 255 g/mol. The van der Waals surface area contributed by atoms with Gasteiger partial charge in [-0.1, -0.05) is 22.0 Å². The van der Waals surface area contributed by atoms with Crippen molar-refractivity contribution >= 4 is 15.9 Å². The Morgan fingerprint density at radius 1 is 1.50 bits per heavy atom. The molecule has 3 heteroatoms. The minimum Gasteiger partial charge on any atom is -0.492 e. The Kier molecular flexibility index (Phi) is 3.43. The third-order valence-corrected chi connectivity index (χ3v) is 2.90. The molecule has 1 aromatic carbocycles. The maximum absolute atomic E-state index is 5.68. The number of hydrogen-bond acceptors (Lipinski definition) is 2. The third kappa shape index (κ3) is 2.72. The van der Waals surface area contributed by atoms with Gasteiger partial charge in [0.1, 0.15) is 12.4 Å². The maximum atomic E-state index is 5.68. The second-order valence-electron chi connectivity index (χ2n) is 3.56. The van der Waals surface area contributed by atoms with Gasteiger partial charge in [0.25, 0.3) is 0 Å². The molecule has 0 saturated carbocycles. The fourth-order valence-corrected chi connectivity index (χ4v) is 2.03. The van der Waals surface area contributed by atoms with E-state index in [1.54, 1.807) is 0 Å². The summed E-state index contributed by atoms with van der Waals surface area (Å²) in [6.07, 6.45) is 2.50. The zero-order chi connectivity index (χ0) is 9.80. The summed E-state index contributed by atoms with van der Waals surface area (Å²) in [5.74, 6) is 0.938. The smallest absolute Gasteiger partial charge is 0.120 e. The molecule has 1 saturated heterocycles. The number of benzene rings is 1. The first-order valence-electron chi connectivity index (χ1n) is 4.96. The number of rotatable bonds is 3. The van der Waals surface area contributed by atoms with Gasteiger partial charge in [-0.15, -0.1) is 0 Å². The van der Waals surface area contributed by atoms with Gasteiger partial charge in [-0.3, -0.25) is 0 Å². The molecule has 1 aliphatic rings. The van der Waals surface area contributed by atoms with Gasteiger partial charge in [0.15, 0.2) is 0 Å². The fraction of sp³-hybridized carbons (Fsp3) is 0.455. The van der Waals surface area contributed by atoms with E-state index in [1.165, 1.54) is 12.8 Å². The fourth-order valence-electron chi connectivity index (χ4n) is 1.65. The summed E-state index contributed by atoms with van der Waals surface area (Å²) >= 11 is 3.42. The van der Waals surface area contributed by atoms with Gasteiger partial charge in [-0.2, -0.15) is 0 Å². The van der Waals surface area contributed by atoms with E-state index in [0.29, 0.717) is 6.04 Å². The molecule has 1 fully saturated rings. The molecule has 2 nitrogen and oxygen atoms in total. The second kappa shape index (κ2) is 4.80. The summed E-state index contributed by atoms with van der Waals surface area (Å²) in [4.78, 5) is 0. The first-order chi connectivity index (χ1) is 6.84. The van der Waals surface area contributed by atoms with Crippen molar-refractivity contribution in [1.82, 2.24) is 5.32 Å². The zero-order valence-electron chi connectivity index (χ0n) is 8.00. The standard InChI is InChI=1S/C11H14BrNO/c12-9-3-1-5-11(7-9)14-8-10-4-2-6-13-10/h1,3,5,7,10,13H,2,4,6,8H2/t10-/m1/s1. The average molecular weight is 256 g/mol. The van der Waals surface area contributed by atoms with Crippen LogP contribution in [-0.4, -0.2) is 19.2 Å². The SMILES string of the molecule is Brc1cccc(OC[C@H]2CCCN2)c1. The molecule has 0 radical (unpaired) electrons. The molecule has 14 heavy (non-hydrogen) atoms. The van der Waals surface area contributed by atoms with Crippen LogP contribution >= 0.6 is 15.9 Å². The van der Waals surface area contributed by atoms with E-state index in [2.05, 4.69) is 21.2 Å². The van der Waals surface area contributed by atoms with Crippen molar-refractivity contribution in [3.63, 3.8) is 0 Å². The molecule has 0 spiro atoms. The molecular weight excluding hydrogens is 242 g/mol. The van der Waals surface area contributed by atoms with Gasteiger partial charge >= 0.3 is 0 Å². The zero-order valence-corrected chi connectivity index (χ0v) is 9.59. The summed E-state index contributed by atoms with van der Waals surface area (Å²) in [6, 6.07) is 8.51. The number of nitrogens with one attached hydrogen (secondary N) is 1. The topological polar surface area (TPSA) is 21.3 Å². The van der Waals surface area contributed by atoms with Crippen LogP contribution < -0.4 is 10.1 Å². The highest BCUT2D eigenvalue weighted by atomic mass is 79.9. The lowest BCUT2D eigenvalue weighted by atomic mass is 10.2. The normalized spacial score (nSPS) is 21.1. The molecule has 0 aliphatic carbocycles. The lowest BCUT2D eigenvalue weighted by Crippen LogP contribution is -2.28. The van der Waals surface area contributed by atoms with E-state index in [0.717, 1.165) is 23.4 Å². The van der Waals surface area contributed by atoms with E-state index in [9.17, 15) is 0 Å². The Morgan fingerprint density at radius 2 is 2.43 bits per heavy atom. The Morgan fingerprint density at radius 3 is 3.14 bits per heavy atom. The highest BCUT2D eigenvalue weighted by Gasteiger charge is 2.14. The lowest BCUT2D eigenvalue weighted by molar-refractivity contribution is 0.277. The van der Waals surface area contributed by atoms with Gasteiger partial charge in [0.05, 0.1) is 0 Å². The minimum absolute atomic E-state index is 0.536. The van der Waals surface area contributed by atoms with Crippen molar-refractivity contribution in [3.05, 3.63) is 28.7 Å². The first kappa shape index (κ1) is 9.99. The Labute approximate surface area is 92.8 Å². The molecule has 1 aromatic rings. The summed E-state index contributed by atoms with van der Waals surface area (Å²) in [7, 11) is 0. The molecule has 0 unspecified atom stereocenters. The molecule has 2 rings (SSSR count). The number of ether oxygens (including phenoxy) is 1. The van der Waals surface area contributed by atoms with Crippen LogP contribution in [0.15, 0.2) is 28.7 Å². The molecule has 0 amide bonds. The summed E-state index contributed by atoms with van der Waals surface area (Å²) < 4.78 is 6.74. The largest absolute Gasteiger partial charge is 0.492 e. The highest BCUT2D eigenvalue weighted by Crippen LogP contribution is 2.18. The predicted molar refractivity (Wildman–Crippen MR) is 60.7 cm³/mol. The van der Waals surface area contributed by atoms with E-state index in [-0.39, 0.29) is 0 Å². The molecule has 0 aromatic heterocycles. The number of hydrogen-bond donors (Lipinski definition) is 1. The molecule has 1 atom stereocenters. The van der Waals surface area contributed by atoms with Crippen LogP contribution in [0.3, 0.4) is 0 Å². The van der Waals surface area contributed by atoms with Gasteiger partial charge < -0.3 is 10.1 Å². The van der Waals surface area contributed by atoms with Gasteiger partial charge in [0.2, 0.25) is 0 Å². The van der Waals surface area contributed by atoms with Gasteiger partial charge in [-0.25, -0.2) is 0 Å². The van der Waals surface area contributed by atoms with Crippen LogP contribution in [0.4, 0.5) is 0 Å². The molecule has 76 valence electrons. The summed E-state index contributed by atoms with van der Waals surface area (Å²) in [5, 5.41) is 3.40. The van der Waals surface area contributed by atoms with E-state index in [1.807, 2.05) is 24.3 Å². The second-order valence-corrected chi connectivity index (χ2v) is 4.48. The van der Waals surface area contributed by atoms with Crippen LogP contribution in [0.5, 0.6) is 5.75 Å². The third-order valence-electron chi connectivity index (χ3n) is 2.41. The van der Waals surface area contributed by atoms with Crippen molar-refractivity contribution < 1.29 is 4.74 Å². The quantitative estimate of drug-likeness (QED) is 0.897. The first-order valence-corrected chi connectivity index (χ1v) is 5.75. The average Bonchev–Trinajstić information content (AvgIpc) is 2.67. The Hall–Kier alpha value is -0.540. The molecule has 1 aliphatic heterocycles. The van der Waals surface area contributed by atoms with Crippen LogP contribution in [0.1, 0.15) is 12.8 Å². The van der Waals surface area contributed by atoms with Crippen molar-refractivity contribution in [2.45, 2.75) is 18.9 Å². The Balaban J connectivity index is 1.85. The molecular formula is C11H14BrNO. The van der Waals surface area contributed by atoms with E-state index in [4.69, 9.17) is 4.74 Å².